The zero-order valence-electron chi connectivity index (χ0n) is 8.68. The lowest BCUT2D eigenvalue weighted by atomic mass is 10.4. The van der Waals surface area contributed by atoms with Gasteiger partial charge in [0.1, 0.15) is 0 Å². The van der Waals surface area contributed by atoms with E-state index in [1.165, 1.54) is 0 Å². The first kappa shape index (κ1) is 13.0. The molecule has 0 fully saturated rings. The third-order valence-electron chi connectivity index (χ3n) is 2.32. The second kappa shape index (κ2) is 5.07. The topological polar surface area (TPSA) is 37.3 Å². The third kappa shape index (κ3) is 2.89. The van der Waals surface area contributed by atoms with Crippen molar-refractivity contribution < 1.29 is 9.46 Å². The lowest BCUT2D eigenvalue weighted by molar-refractivity contribution is 0.501. The normalized spacial score (nSPS) is 11.5. The van der Waals surface area contributed by atoms with Gasteiger partial charge in [-0.3, -0.25) is 4.57 Å². The van der Waals surface area contributed by atoms with Gasteiger partial charge in [0.15, 0.2) is 0 Å². The van der Waals surface area contributed by atoms with Crippen LogP contribution in [0.5, 0.6) is 0 Å². The molecule has 2 aromatic rings. The van der Waals surface area contributed by atoms with Crippen molar-refractivity contribution in [2.45, 2.75) is 0 Å². The van der Waals surface area contributed by atoms with Crippen LogP contribution < -0.4 is 10.6 Å². The van der Waals surface area contributed by atoms with Gasteiger partial charge in [0.2, 0.25) is 0 Å². The number of benzene rings is 2. The van der Waals surface area contributed by atoms with Crippen LogP contribution >= 0.6 is 39.2 Å². The molecule has 0 bridgehead atoms. The van der Waals surface area contributed by atoms with Crippen molar-refractivity contribution in [3.8, 4) is 0 Å². The Morgan fingerprint density at radius 3 is 1.65 bits per heavy atom. The highest BCUT2D eigenvalue weighted by Crippen LogP contribution is 2.39. The molecule has 0 amide bonds. The van der Waals surface area contributed by atoms with Crippen LogP contribution in [0.2, 0.25) is 0 Å². The summed E-state index contributed by atoms with van der Waals surface area (Å²) in [5.74, 6) is 0. The van der Waals surface area contributed by atoms with E-state index in [4.69, 9.17) is 0 Å². The van der Waals surface area contributed by atoms with Gasteiger partial charge >= 0.3 is 0 Å². The van der Waals surface area contributed by atoms with E-state index in [9.17, 15) is 9.46 Å². The quantitative estimate of drug-likeness (QED) is 0.816. The van der Waals surface area contributed by atoms with Crippen molar-refractivity contribution in [2.24, 2.45) is 0 Å². The zero-order valence-corrected chi connectivity index (χ0v) is 12.7. The molecule has 0 spiro atoms. The van der Waals surface area contributed by atoms with Gasteiger partial charge in [-0.1, -0.05) is 44.0 Å². The number of hydrogen-bond donors (Lipinski definition) is 1. The molecule has 0 unspecified atom stereocenters. The van der Waals surface area contributed by atoms with Crippen LogP contribution in [0.15, 0.2) is 57.5 Å². The minimum atomic E-state index is -3.51. The molecular weight excluding hydrogens is 367 g/mol. The summed E-state index contributed by atoms with van der Waals surface area (Å²) in [6.07, 6.45) is 0. The average molecular weight is 376 g/mol. The van der Waals surface area contributed by atoms with Gasteiger partial charge in [0.25, 0.3) is 7.37 Å². The molecule has 17 heavy (non-hydrogen) atoms. The van der Waals surface area contributed by atoms with Crippen LogP contribution in [0.25, 0.3) is 0 Å². The Balaban J connectivity index is 2.53. The highest BCUT2D eigenvalue weighted by Gasteiger charge is 2.24. The predicted octanol–water partition coefficient (Wildman–Crippen LogP) is 3.43. The first-order chi connectivity index (χ1) is 8.00. The molecule has 88 valence electrons. The first-order valence-electron chi connectivity index (χ1n) is 4.85. The zero-order chi connectivity index (χ0) is 12.5. The summed E-state index contributed by atoms with van der Waals surface area (Å²) < 4.78 is 14.0. The number of halogens is 2. The first-order valence-corrected chi connectivity index (χ1v) is 8.10. The SMILES string of the molecule is O=P(O)(c1cccc(Br)c1)c1cccc(Br)c1. The van der Waals surface area contributed by atoms with Crippen LogP contribution in [0.3, 0.4) is 0 Å². The molecule has 0 aliphatic heterocycles. The van der Waals surface area contributed by atoms with Gasteiger partial charge in [-0.05, 0) is 36.4 Å². The van der Waals surface area contributed by atoms with Crippen LogP contribution in [-0.2, 0) is 4.57 Å². The van der Waals surface area contributed by atoms with Gasteiger partial charge in [0.05, 0.1) is 0 Å². The molecule has 0 radical (unpaired) electrons. The highest BCUT2D eigenvalue weighted by atomic mass is 79.9. The van der Waals surface area contributed by atoms with Crippen molar-refractivity contribution in [3.05, 3.63) is 57.5 Å². The standard InChI is InChI=1S/C12H9Br2O2P/c13-9-3-1-5-11(7-9)17(15,16)12-6-2-4-10(14)8-12/h1-8H,(H,15,16). The molecule has 0 aliphatic rings. The molecule has 1 N–H and O–H groups in total. The molecule has 5 heteroatoms. The van der Waals surface area contributed by atoms with Gasteiger partial charge in [-0.15, -0.1) is 0 Å². The van der Waals surface area contributed by atoms with E-state index in [1.54, 1.807) is 36.4 Å². The number of hydrogen-bond acceptors (Lipinski definition) is 1. The Hall–Kier alpha value is -0.410. The van der Waals surface area contributed by atoms with Crippen LogP contribution in [0.4, 0.5) is 0 Å². The summed E-state index contributed by atoms with van der Waals surface area (Å²) in [7, 11) is -3.51. The summed E-state index contributed by atoms with van der Waals surface area (Å²) in [4.78, 5) is 10.2. The Kier molecular flexibility index (Phi) is 3.88. The maximum absolute atomic E-state index is 12.4. The van der Waals surface area contributed by atoms with Crippen LogP contribution in [-0.4, -0.2) is 4.89 Å². The van der Waals surface area contributed by atoms with Crippen molar-refractivity contribution in [3.63, 3.8) is 0 Å². The largest absolute Gasteiger partial charge is 0.338 e. The van der Waals surface area contributed by atoms with Crippen molar-refractivity contribution in [1.29, 1.82) is 0 Å². The van der Waals surface area contributed by atoms with E-state index in [0.29, 0.717) is 10.6 Å². The molecule has 0 saturated carbocycles. The second-order valence-electron chi connectivity index (χ2n) is 3.54. The monoisotopic (exact) mass is 374 g/mol. The van der Waals surface area contributed by atoms with Crippen LogP contribution in [0, 0.1) is 0 Å². The predicted molar refractivity (Wildman–Crippen MR) is 77.4 cm³/mol. The fourth-order valence-electron chi connectivity index (χ4n) is 1.48. The van der Waals surface area contributed by atoms with Gasteiger partial charge in [0, 0.05) is 19.6 Å². The average Bonchev–Trinajstić information content (AvgIpc) is 2.29. The fourth-order valence-corrected chi connectivity index (χ4v) is 4.13. The molecule has 0 atom stereocenters. The summed E-state index contributed by atoms with van der Waals surface area (Å²) in [6, 6.07) is 13.8. The summed E-state index contributed by atoms with van der Waals surface area (Å²) in [6.45, 7) is 0. The smallest absolute Gasteiger partial charge is 0.258 e. The maximum Gasteiger partial charge on any atom is 0.258 e. The number of rotatable bonds is 2. The van der Waals surface area contributed by atoms with E-state index in [0.717, 1.165) is 8.95 Å². The van der Waals surface area contributed by atoms with Gasteiger partial charge in [-0.2, -0.15) is 0 Å². The van der Waals surface area contributed by atoms with E-state index in [-0.39, 0.29) is 0 Å². The minimum Gasteiger partial charge on any atom is -0.338 e. The molecule has 0 saturated heterocycles. The van der Waals surface area contributed by atoms with Gasteiger partial charge < -0.3 is 4.89 Å². The molecule has 0 heterocycles. The van der Waals surface area contributed by atoms with E-state index < -0.39 is 7.37 Å². The minimum absolute atomic E-state index is 0.421. The Bertz CT molecular complexity index is 549. The molecule has 0 aromatic heterocycles. The van der Waals surface area contributed by atoms with Crippen molar-refractivity contribution in [1.82, 2.24) is 0 Å². The van der Waals surface area contributed by atoms with E-state index in [2.05, 4.69) is 31.9 Å². The van der Waals surface area contributed by atoms with Crippen molar-refractivity contribution >= 4 is 49.8 Å². The lowest BCUT2D eigenvalue weighted by Crippen LogP contribution is -2.15. The maximum atomic E-state index is 12.4. The Labute approximate surface area is 116 Å². The van der Waals surface area contributed by atoms with Crippen LogP contribution in [0.1, 0.15) is 0 Å². The molecule has 2 aromatic carbocycles. The molecule has 0 aliphatic carbocycles. The van der Waals surface area contributed by atoms with Gasteiger partial charge in [-0.25, -0.2) is 0 Å². The molecule has 2 nitrogen and oxygen atoms in total. The fraction of sp³-hybridized carbons (Fsp3) is 0. The van der Waals surface area contributed by atoms with E-state index in [1.807, 2.05) is 12.1 Å². The van der Waals surface area contributed by atoms with Crippen molar-refractivity contribution in [2.75, 3.05) is 0 Å². The third-order valence-corrected chi connectivity index (χ3v) is 5.26. The Morgan fingerprint density at radius 2 is 1.29 bits per heavy atom. The second-order valence-corrected chi connectivity index (χ2v) is 7.55. The molecule has 2 rings (SSSR count). The summed E-state index contributed by atoms with van der Waals surface area (Å²) >= 11 is 6.60. The highest BCUT2D eigenvalue weighted by molar-refractivity contribution is 9.10. The molecular formula is C12H9Br2O2P. The summed E-state index contributed by atoms with van der Waals surface area (Å²) in [5, 5.41) is 0.843. The summed E-state index contributed by atoms with van der Waals surface area (Å²) in [5.41, 5.74) is 0. The van der Waals surface area contributed by atoms with E-state index >= 15 is 0 Å². The Morgan fingerprint density at radius 1 is 0.882 bits per heavy atom. The lowest BCUT2D eigenvalue weighted by Gasteiger charge is -2.12.